The van der Waals surface area contributed by atoms with E-state index in [9.17, 15) is 0 Å². The van der Waals surface area contributed by atoms with Gasteiger partial charge in [0, 0.05) is 0 Å². The zero-order valence-electron chi connectivity index (χ0n) is 25.7. The quantitative estimate of drug-likeness (QED) is 0.379. The van der Waals surface area contributed by atoms with Gasteiger partial charge < -0.3 is 24.8 Å². The molecule has 0 unspecified atom stereocenters. The first-order valence-electron chi connectivity index (χ1n) is 14.7. The Kier molecular flexibility index (Phi) is 10.1. The fourth-order valence-electron chi connectivity index (χ4n) is 6.44. The number of hydrogen-bond acceptors (Lipinski definition) is 0. The normalized spacial score (nSPS) is 16.8. The number of halogens is 2. The third-order valence-corrected chi connectivity index (χ3v) is 18.8. The SMILES string of the molecule is CC(C)(C)c1ccc2c(c1)-c1cc(C(C)(C)C)c[c]([Zr+2]([C]3=CC([Si](C)(C)C)=CC3)=[C]3CCCCC3)c1C2.[Cl-].[Cl-]. The van der Waals surface area contributed by atoms with Crippen LogP contribution in [0.5, 0.6) is 0 Å². The summed E-state index contributed by atoms with van der Waals surface area (Å²) >= 11 is -2.20. The van der Waals surface area contributed by atoms with Crippen molar-refractivity contribution in [3.8, 4) is 11.1 Å². The first kappa shape index (κ1) is 33.0. The Morgan fingerprint density at radius 3 is 1.92 bits per heavy atom. The van der Waals surface area contributed by atoms with Crippen molar-refractivity contribution in [3.05, 3.63) is 73.2 Å². The maximum atomic E-state index is 2.73. The Balaban J connectivity index is 0.00000210. The van der Waals surface area contributed by atoms with Crippen LogP contribution < -0.4 is 28.1 Å². The average Bonchev–Trinajstić information content (AvgIpc) is 3.44. The van der Waals surface area contributed by atoms with Crippen molar-refractivity contribution in [1.82, 2.24) is 0 Å². The summed E-state index contributed by atoms with van der Waals surface area (Å²) in [5.41, 5.74) is 9.67. The predicted octanol–water partition coefficient (Wildman–Crippen LogP) is 3.33. The second-order valence-electron chi connectivity index (χ2n) is 14.9. The summed E-state index contributed by atoms with van der Waals surface area (Å²) in [5.74, 6) is 0. The molecule has 0 aliphatic heterocycles. The molecule has 3 aliphatic rings. The number of hydrogen-bond donors (Lipinski definition) is 0. The van der Waals surface area contributed by atoms with Crippen molar-refractivity contribution in [3.63, 3.8) is 0 Å². The summed E-state index contributed by atoms with van der Waals surface area (Å²) in [6.45, 7) is 21.9. The molecule has 0 radical (unpaired) electrons. The summed E-state index contributed by atoms with van der Waals surface area (Å²) in [7, 11) is -1.29. The molecule has 0 saturated heterocycles. The van der Waals surface area contributed by atoms with Crippen molar-refractivity contribution in [2.24, 2.45) is 0 Å². The maximum Gasteiger partial charge on any atom is -1.00 e. The molecule has 3 aliphatic carbocycles. The van der Waals surface area contributed by atoms with Crippen LogP contribution in [0.1, 0.15) is 102 Å². The molecular formula is C35H48Cl2SiZr. The van der Waals surface area contributed by atoms with Crippen LogP contribution in [-0.2, 0) is 38.5 Å². The predicted molar refractivity (Wildman–Crippen MR) is 164 cm³/mol. The molecule has 1 saturated carbocycles. The smallest absolute Gasteiger partial charge is 1.00 e. The van der Waals surface area contributed by atoms with Gasteiger partial charge in [-0.15, -0.1) is 0 Å². The van der Waals surface area contributed by atoms with Gasteiger partial charge in [0.2, 0.25) is 0 Å². The van der Waals surface area contributed by atoms with E-state index < -0.39 is 29.3 Å². The standard InChI is InChI=1S/C21H25.C8H13Si.C6H10.2ClH.Zr/c1-20(2,3)16-9-7-14-11-15-8-10-17(21(4,5)6)13-19(15)18(14)12-16;1-9(2,3)8-6-4-5-7-8;1-2-4-6-5-3-1;;;/h7,9-10,12-13H,11H2,1-6H3;6-7H,4H2,1-3H3;1-5H2;2*1H;/q;;;;;+2/p-2. The van der Waals surface area contributed by atoms with Crippen LogP contribution in [0.2, 0.25) is 19.6 Å². The minimum Gasteiger partial charge on any atom is -1.00 e. The zero-order valence-corrected chi connectivity index (χ0v) is 30.7. The van der Waals surface area contributed by atoms with E-state index in [1.807, 2.05) is 9.76 Å². The minimum atomic E-state index is -2.20. The van der Waals surface area contributed by atoms with E-state index in [0.717, 1.165) is 6.42 Å². The van der Waals surface area contributed by atoms with Crippen molar-refractivity contribution < 1.29 is 46.1 Å². The molecule has 4 heteroatoms. The Bertz CT molecular complexity index is 1330. The minimum absolute atomic E-state index is 0. The largest absolute Gasteiger partial charge is 1.00 e. The second kappa shape index (κ2) is 12.0. The average molecular weight is 659 g/mol. The molecule has 0 bridgehead atoms. The molecule has 210 valence electrons. The number of benzene rings is 2. The topological polar surface area (TPSA) is 0 Å². The fraction of sp³-hybridized carbons (Fsp3) is 0.514. The molecule has 0 aromatic heterocycles. The third-order valence-electron chi connectivity index (χ3n) is 8.89. The Hall–Kier alpha value is -0.530. The van der Waals surface area contributed by atoms with Crippen molar-refractivity contribution in [2.45, 2.75) is 117 Å². The van der Waals surface area contributed by atoms with Crippen molar-refractivity contribution in [2.75, 3.05) is 0 Å². The molecule has 2 aromatic carbocycles. The summed E-state index contributed by atoms with van der Waals surface area (Å²) in [5, 5.41) is 1.71. The van der Waals surface area contributed by atoms with Crippen molar-refractivity contribution >= 4 is 14.6 Å². The van der Waals surface area contributed by atoms with Gasteiger partial charge in [0.25, 0.3) is 0 Å². The fourth-order valence-corrected chi connectivity index (χ4v) is 16.6. The van der Waals surface area contributed by atoms with Gasteiger partial charge in [-0.05, 0) is 0 Å². The third kappa shape index (κ3) is 6.77. The van der Waals surface area contributed by atoms with Crippen LogP contribution in [-0.4, -0.2) is 11.3 Å². The zero-order chi connectivity index (χ0) is 26.8. The van der Waals surface area contributed by atoms with Gasteiger partial charge in [0.05, 0.1) is 0 Å². The molecule has 2 aromatic rings. The van der Waals surface area contributed by atoms with Crippen LogP contribution in [0.15, 0.2) is 51.0 Å². The van der Waals surface area contributed by atoms with Gasteiger partial charge in [-0.25, -0.2) is 0 Å². The molecule has 0 N–H and O–H groups in total. The van der Waals surface area contributed by atoms with Crippen LogP contribution >= 0.6 is 0 Å². The Morgan fingerprint density at radius 2 is 1.36 bits per heavy atom. The maximum absolute atomic E-state index is 2.73. The molecule has 0 atom stereocenters. The second-order valence-corrected chi connectivity index (χ2v) is 26.5. The van der Waals surface area contributed by atoms with E-state index in [2.05, 4.69) is 104 Å². The molecule has 0 amide bonds. The first-order chi connectivity index (χ1) is 17.2. The Labute approximate surface area is 260 Å². The van der Waals surface area contributed by atoms with E-state index in [1.165, 1.54) is 49.7 Å². The monoisotopic (exact) mass is 656 g/mol. The number of fused-ring (bicyclic) bond motifs is 3. The molecule has 5 rings (SSSR count). The molecule has 0 heterocycles. The van der Waals surface area contributed by atoms with Gasteiger partial charge in [0.1, 0.15) is 0 Å². The van der Waals surface area contributed by atoms with Crippen molar-refractivity contribution in [1.29, 1.82) is 0 Å². The van der Waals surface area contributed by atoms with Crippen LogP contribution in [0, 0.1) is 0 Å². The van der Waals surface area contributed by atoms with Crippen LogP contribution in [0.4, 0.5) is 0 Å². The molecule has 0 nitrogen and oxygen atoms in total. The van der Waals surface area contributed by atoms with Gasteiger partial charge in [-0.1, -0.05) is 0 Å². The first-order valence-corrected chi connectivity index (χ1v) is 21.9. The van der Waals surface area contributed by atoms with E-state index in [4.69, 9.17) is 0 Å². The summed E-state index contributed by atoms with van der Waals surface area (Å²) in [6, 6.07) is 12.7. The molecule has 1 fully saturated rings. The van der Waals surface area contributed by atoms with E-state index in [-0.39, 0.29) is 35.6 Å². The molecule has 0 spiro atoms. The number of rotatable bonds is 3. The van der Waals surface area contributed by atoms with Gasteiger partial charge in [0.15, 0.2) is 0 Å². The summed E-state index contributed by atoms with van der Waals surface area (Å²) in [6.07, 6.45) is 14.8. The van der Waals surface area contributed by atoms with Gasteiger partial charge >= 0.3 is 237 Å². The van der Waals surface area contributed by atoms with E-state index in [1.54, 1.807) is 27.5 Å². The number of allylic oxidation sites excluding steroid dienone is 4. The van der Waals surface area contributed by atoms with E-state index in [0.29, 0.717) is 0 Å². The van der Waals surface area contributed by atoms with Crippen LogP contribution in [0.3, 0.4) is 0 Å². The summed E-state index contributed by atoms with van der Waals surface area (Å²) < 4.78 is 5.70. The van der Waals surface area contributed by atoms with Gasteiger partial charge in [-0.2, -0.15) is 0 Å². The van der Waals surface area contributed by atoms with E-state index >= 15 is 0 Å². The summed E-state index contributed by atoms with van der Waals surface area (Å²) in [4.78, 5) is 0. The Morgan fingerprint density at radius 1 is 0.744 bits per heavy atom. The van der Waals surface area contributed by atoms with Gasteiger partial charge in [-0.3, -0.25) is 0 Å². The molecule has 39 heavy (non-hydrogen) atoms. The van der Waals surface area contributed by atoms with Crippen LogP contribution in [0.25, 0.3) is 11.1 Å². The molecular weight excluding hydrogens is 611 g/mol.